The largest absolute Gasteiger partial charge is 0.394 e. The Hall–Kier alpha value is 0.174. The van der Waals surface area contributed by atoms with Crippen LogP contribution in [0.15, 0.2) is 0 Å². The molecule has 9 atom stereocenters. The molecular weight excluding hydrogens is 555 g/mol. The first-order valence-electron chi connectivity index (χ1n) is 12.4. The maximum Gasteiger partial charge on any atom is 0.219 e. The molecule has 6 N–H and O–H groups in total. The molecule has 0 aromatic rings. The standard InChI is InChI=1S/C23H43NO11.Y/c1-13(2)33-12-16-19(28)22(31-3)14(34-16)7-6-9-24-17(26)8-4-5-10-32-23-21(30)20(29)18(27)15(11-25)35-23;/h13-16,18-23,25,27-30H,4-12H2,1-3H3,(H,24,26);/t14?,15-,16-,18-,19?,20+,21+,22-,23+;/m1./s1. The van der Waals surface area contributed by atoms with E-state index >= 15 is 0 Å². The van der Waals surface area contributed by atoms with E-state index in [1.807, 2.05) is 13.8 Å². The summed E-state index contributed by atoms with van der Waals surface area (Å²) >= 11 is 0. The molecule has 0 aliphatic carbocycles. The summed E-state index contributed by atoms with van der Waals surface area (Å²) in [6.45, 7) is 4.27. The summed E-state index contributed by atoms with van der Waals surface area (Å²) in [6, 6.07) is 0. The van der Waals surface area contributed by atoms with Crippen LogP contribution in [0.25, 0.3) is 0 Å². The molecule has 12 nitrogen and oxygen atoms in total. The van der Waals surface area contributed by atoms with Crippen LogP contribution in [0.2, 0.25) is 0 Å². The third-order valence-electron chi connectivity index (χ3n) is 6.22. The van der Waals surface area contributed by atoms with Crippen LogP contribution in [0.3, 0.4) is 0 Å². The molecule has 36 heavy (non-hydrogen) atoms. The molecule has 0 spiro atoms. The van der Waals surface area contributed by atoms with Crippen molar-refractivity contribution in [2.45, 2.75) is 107 Å². The quantitative estimate of drug-likeness (QED) is 0.120. The number of hydrogen-bond donors (Lipinski definition) is 6. The Morgan fingerprint density at radius 1 is 0.944 bits per heavy atom. The second kappa shape index (κ2) is 17.7. The zero-order valence-electron chi connectivity index (χ0n) is 21.4. The molecule has 2 rings (SSSR count). The van der Waals surface area contributed by atoms with Gasteiger partial charge in [-0.1, -0.05) is 0 Å². The summed E-state index contributed by atoms with van der Waals surface area (Å²) in [6.07, 6.45) is -5.72. The topological polar surface area (TPSA) is 176 Å². The van der Waals surface area contributed by atoms with Gasteiger partial charge in [0, 0.05) is 59.4 Å². The van der Waals surface area contributed by atoms with E-state index in [0.29, 0.717) is 45.3 Å². The molecule has 1 radical (unpaired) electrons. The SMILES string of the molecule is CO[C@@H]1C(CCCNC(=O)CCCCO[C@H]2O[C@H](CO)[C@@H](O)[C@H](O)[C@@H]2O)O[C@H](COC(C)C)C1O.[Y]. The van der Waals surface area contributed by atoms with Gasteiger partial charge in [-0.2, -0.15) is 0 Å². The van der Waals surface area contributed by atoms with Gasteiger partial charge in [0.05, 0.1) is 25.4 Å². The van der Waals surface area contributed by atoms with Crippen molar-refractivity contribution >= 4 is 5.91 Å². The van der Waals surface area contributed by atoms with Gasteiger partial charge in [0.25, 0.3) is 0 Å². The number of hydrogen-bond acceptors (Lipinski definition) is 11. The molecule has 0 aromatic carbocycles. The maximum absolute atomic E-state index is 12.1. The van der Waals surface area contributed by atoms with Gasteiger partial charge < -0.3 is 54.5 Å². The van der Waals surface area contributed by atoms with Gasteiger partial charge in [0.2, 0.25) is 5.91 Å². The second-order valence-electron chi connectivity index (χ2n) is 9.30. The monoisotopic (exact) mass is 598 g/mol. The summed E-state index contributed by atoms with van der Waals surface area (Å²) in [5, 5.41) is 51.9. The molecule has 2 aliphatic heterocycles. The minimum atomic E-state index is -1.48. The molecule has 0 saturated carbocycles. The van der Waals surface area contributed by atoms with Crippen molar-refractivity contribution in [2.75, 3.05) is 33.5 Å². The van der Waals surface area contributed by atoms with Crippen LogP contribution >= 0.6 is 0 Å². The number of nitrogens with one attached hydrogen (secondary N) is 1. The first-order chi connectivity index (χ1) is 16.7. The van der Waals surface area contributed by atoms with Crippen LogP contribution in [0.5, 0.6) is 0 Å². The van der Waals surface area contributed by atoms with Crippen molar-refractivity contribution < 1.29 is 86.7 Å². The zero-order valence-corrected chi connectivity index (χ0v) is 24.2. The van der Waals surface area contributed by atoms with E-state index < -0.39 is 55.6 Å². The van der Waals surface area contributed by atoms with Crippen LogP contribution < -0.4 is 5.32 Å². The van der Waals surface area contributed by atoms with E-state index in [9.17, 15) is 30.3 Å². The molecule has 2 saturated heterocycles. The molecule has 209 valence electrons. The van der Waals surface area contributed by atoms with Gasteiger partial charge in [-0.3, -0.25) is 4.79 Å². The average molecular weight is 598 g/mol. The van der Waals surface area contributed by atoms with E-state index in [4.69, 9.17) is 23.7 Å². The van der Waals surface area contributed by atoms with Crippen molar-refractivity contribution in [3.05, 3.63) is 0 Å². The van der Waals surface area contributed by atoms with Crippen molar-refractivity contribution in [1.82, 2.24) is 5.32 Å². The molecule has 2 aliphatic rings. The number of methoxy groups -OCH3 is 1. The molecule has 2 fully saturated rings. The van der Waals surface area contributed by atoms with Gasteiger partial charge in [-0.25, -0.2) is 0 Å². The van der Waals surface area contributed by atoms with Crippen LogP contribution in [0.4, 0.5) is 0 Å². The van der Waals surface area contributed by atoms with Crippen molar-refractivity contribution in [2.24, 2.45) is 0 Å². The minimum Gasteiger partial charge on any atom is -0.394 e. The Labute approximate surface area is 237 Å². The Morgan fingerprint density at radius 2 is 1.67 bits per heavy atom. The summed E-state index contributed by atoms with van der Waals surface area (Å²) in [5.74, 6) is -0.100. The van der Waals surface area contributed by atoms with Crippen LogP contribution in [-0.2, 0) is 61.2 Å². The fraction of sp³-hybridized carbons (Fsp3) is 0.957. The number of unbranched alkanes of at least 4 members (excludes halogenated alkanes) is 1. The van der Waals surface area contributed by atoms with Gasteiger partial charge in [0.15, 0.2) is 6.29 Å². The first kappa shape index (κ1) is 34.2. The van der Waals surface area contributed by atoms with E-state index in [0.717, 1.165) is 0 Å². The molecular formula is C23H43NO11Y. The maximum atomic E-state index is 12.1. The summed E-state index contributed by atoms with van der Waals surface area (Å²) in [4.78, 5) is 12.1. The zero-order chi connectivity index (χ0) is 26.0. The number of carbonyl (C=O) groups excluding carboxylic acids is 1. The van der Waals surface area contributed by atoms with Gasteiger partial charge >= 0.3 is 0 Å². The number of rotatable bonds is 15. The van der Waals surface area contributed by atoms with Crippen molar-refractivity contribution in [3.8, 4) is 0 Å². The van der Waals surface area contributed by atoms with Gasteiger partial charge in [-0.15, -0.1) is 0 Å². The third kappa shape index (κ3) is 10.4. The molecule has 0 aromatic heterocycles. The number of aliphatic hydroxyl groups excluding tert-OH is 5. The van der Waals surface area contributed by atoms with E-state index in [1.165, 1.54) is 0 Å². The summed E-state index contributed by atoms with van der Waals surface area (Å²) < 4.78 is 27.5. The van der Waals surface area contributed by atoms with Gasteiger partial charge in [0.1, 0.15) is 42.7 Å². The van der Waals surface area contributed by atoms with Crippen molar-refractivity contribution in [1.29, 1.82) is 0 Å². The molecule has 1 amide bonds. The smallest absolute Gasteiger partial charge is 0.219 e. The average Bonchev–Trinajstić information content (AvgIpc) is 3.14. The summed E-state index contributed by atoms with van der Waals surface area (Å²) in [5.41, 5.74) is 0. The van der Waals surface area contributed by atoms with E-state index in [1.54, 1.807) is 7.11 Å². The molecule has 13 heteroatoms. The van der Waals surface area contributed by atoms with E-state index in [2.05, 4.69) is 5.32 Å². The Bertz CT molecular complexity index is 615. The Morgan fingerprint density at radius 3 is 2.31 bits per heavy atom. The first-order valence-corrected chi connectivity index (χ1v) is 12.4. The van der Waals surface area contributed by atoms with Crippen LogP contribution in [0.1, 0.15) is 46.0 Å². The normalized spacial score (nSPS) is 34.5. The second-order valence-corrected chi connectivity index (χ2v) is 9.30. The number of ether oxygens (including phenoxy) is 5. The van der Waals surface area contributed by atoms with Crippen molar-refractivity contribution in [3.63, 3.8) is 0 Å². The Balaban J connectivity index is 0.00000648. The predicted octanol–water partition coefficient (Wildman–Crippen LogP) is -1.56. The fourth-order valence-electron chi connectivity index (χ4n) is 4.17. The minimum absolute atomic E-state index is 0. The predicted molar refractivity (Wildman–Crippen MR) is 122 cm³/mol. The summed E-state index contributed by atoms with van der Waals surface area (Å²) in [7, 11) is 1.54. The van der Waals surface area contributed by atoms with Crippen LogP contribution in [0, 0.1) is 0 Å². The number of carbonyl (C=O) groups is 1. The van der Waals surface area contributed by atoms with Gasteiger partial charge in [-0.05, 0) is 39.5 Å². The fourth-order valence-corrected chi connectivity index (χ4v) is 4.17. The number of amides is 1. The molecule has 2 heterocycles. The number of aliphatic hydroxyl groups is 5. The van der Waals surface area contributed by atoms with Crippen LogP contribution in [-0.4, -0.2) is 126 Å². The third-order valence-corrected chi connectivity index (χ3v) is 6.22. The Kier molecular flexibility index (Phi) is 16.8. The molecule has 0 bridgehead atoms. The van der Waals surface area contributed by atoms with E-state index in [-0.39, 0.29) is 57.4 Å². The molecule has 2 unspecified atom stereocenters.